The molecule has 3 unspecified atom stereocenters. The van der Waals surface area contributed by atoms with Crippen molar-refractivity contribution in [2.45, 2.75) is 22.9 Å². The average Bonchev–Trinajstić information content (AvgIpc) is 2.93. The van der Waals surface area contributed by atoms with Gasteiger partial charge in [-0.15, -0.1) is 23.4 Å². The number of thioether (sulfide) groups is 1. The van der Waals surface area contributed by atoms with Crippen LogP contribution in [0.15, 0.2) is 17.1 Å². The number of amides is 2. The van der Waals surface area contributed by atoms with Crippen LogP contribution in [0.3, 0.4) is 0 Å². The molecule has 0 spiro atoms. The number of carbonyl (C=O) groups excluding carboxylic acids is 2. The number of hydrogen-bond donors (Lipinski definition) is 1. The molecule has 1 N–H and O–H groups in total. The molecular weight excluding hydrogens is 376 g/mol. The van der Waals surface area contributed by atoms with E-state index in [9.17, 15) is 23.2 Å². The molecule has 2 amide bonds. The lowest BCUT2D eigenvalue weighted by Gasteiger charge is -2.17. The maximum Gasteiger partial charge on any atom is 0.286 e. The maximum atomic E-state index is 13.6. The largest absolute Gasteiger partial charge is 0.349 e. The second-order valence-electron chi connectivity index (χ2n) is 5.80. The lowest BCUT2D eigenvalue weighted by molar-refractivity contribution is -0.132. The molecule has 1 fully saturated rings. The molecule has 1 aromatic heterocycles. The number of halogens is 3. The number of aryl methyl sites for hydroxylation is 1. The summed E-state index contributed by atoms with van der Waals surface area (Å²) in [5, 5.41) is 1.91. The molecule has 0 aromatic carbocycles. The zero-order valence-electron chi connectivity index (χ0n) is 13.7. The van der Waals surface area contributed by atoms with Gasteiger partial charge in [-0.2, -0.15) is 0 Å². The number of pyridine rings is 1. The van der Waals surface area contributed by atoms with Crippen molar-refractivity contribution >= 4 is 40.9 Å². The monoisotopic (exact) mass is 393 g/mol. The van der Waals surface area contributed by atoms with Crippen LogP contribution in [0.5, 0.6) is 0 Å². The van der Waals surface area contributed by atoms with Crippen molar-refractivity contribution in [2.75, 3.05) is 26.1 Å². The van der Waals surface area contributed by atoms with Crippen LogP contribution in [0.1, 0.15) is 6.42 Å². The summed E-state index contributed by atoms with van der Waals surface area (Å²) >= 11 is 7.31. The summed E-state index contributed by atoms with van der Waals surface area (Å²) in [6.07, 6.45) is 1.44. The zero-order chi connectivity index (χ0) is 18.7. The van der Waals surface area contributed by atoms with Gasteiger partial charge in [0, 0.05) is 26.4 Å². The summed E-state index contributed by atoms with van der Waals surface area (Å²) in [7, 11) is 3.22. The van der Waals surface area contributed by atoms with E-state index >= 15 is 0 Å². The molecule has 138 valence electrons. The molecule has 0 bridgehead atoms. The third-order valence-electron chi connectivity index (χ3n) is 3.76. The number of alkyl halides is 2. The topological polar surface area (TPSA) is 71.4 Å². The Morgan fingerprint density at radius 1 is 1.48 bits per heavy atom. The Bertz CT molecular complexity index is 728. The first kappa shape index (κ1) is 19.7. The second kappa shape index (κ2) is 8.18. The molecular formula is C15H18ClF2N3O3S. The van der Waals surface area contributed by atoms with Crippen LogP contribution < -0.4 is 10.9 Å². The Morgan fingerprint density at radius 2 is 2.16 bits per heavy atom. The minimum Gasteiger partial charge on any atom is -0.349 e. The van der Waals surface area contributed by atoms with Gasteiger partial charge in [0.05, 0.1) is 28.1 Å². The average molecular weight is 394 g/mol. The van der Waals surface area contributed by atoms with Gasteiger partial charge < -0.3 is 14.8 Å². The number of rotatable bonds is 5. The Morgan fingerprint density at radius 3 is 2.76 bits per heavy atom. The van der Waals surface area contributed by atoms with E-state index in [-0.39, 0.29) is 24.6 Å². The Balaban J connectivity index is 2.10. The predicted molar refractivity (Wildman–Crippen MR) is 93.1 cm³/mol. The third-order valence-corrected chi connectivity index (χ3v) is 5.70. The molecule has 3 atom stereocenters. The van der Waals surface area contributed by atoms with E-state index in [2.05, 4.69) is 5.32 Å². The third kappa shape index (κ3) is 4.52. The molecule has 25 heavy (non-hydrogen) atoms. The quantitative estimate of drug-likeness (QED) is 0.772. The highest BCUT2D eigenvalue weighted by Gasteiger charge is 2.42. The van der Waals surface area contributed by atoms with Crippen molar-refractivity contribution in [2.24, 2.45) is 5.92 Å². The first-order valence-corrected chi connectivity index (χ1v) is 8.90. The summed E-state index contributed by atoms with van der Waals surface area (Å²) < 4.78 is 26.4. The Kier molecular flexibility index (Phi) is 6.45. The van der Waals surface area contributed by atoms with E-state index in [0.29, 0.717) is 0 Å². The molecule has 2 heterocycles. The number of nitrogens with zero attached hydrogens (tertiary/aromatic N) is 2. The van der Waals surface area contributed by atoms with Gasteiger partial charge in [-0.25, -0.2) is 8.78 Å². The van der Waals surface area contributed by atoms with Crippen molar-refractivity contribution in [1.29, 1.82) is 0 Å². The van der Waals surface area contributed by atoms with E-state index in [0.717, 1.165) is 22.4 Å². The van der Waals surface area contributed by atoms with Crippen molar-refractivity contribution in [3.63, 3.8) is 0 Å². The summed E-state index contributed by atoms with van der Waals surface area (Å²) in [6, 6.07) is 0.884. The molecule has 0 radical (unpaired) electrons. The molecule has 6 nitrogen and oxygen atoms in total. The molecule has 1 saturated heterocycles. The minimum absolute atomic E-state index is 0.0460. The first-order chi connectivity index (χ1) is 11.7. The second-order valence-corrected chi connectivity index (χ2v) is 7.88. The summed E-state index contributed by atoms with van der Waals surface area (Å²) in [5.74, 6) is -2.18. The van der Waals surface area contributed by atoms with Gasteiger partial charge in [0.15, 0.2) is 5.82 Å². The fourth-order valence-electron chi connectivity index (χ4n) is 2.51. The van der Waals surface area contributed by atoms with Crippen LogP contribution in [-0.2, 0) is 16.1 Å². The highest BCUT2D eigenvalue weighted by Crippen LogP contribution is 2.42. The lowest BCUT2D eigenvalue weighted by Crippen LogP contribution is -2.32. The number of anilines is 1. The van der Waals surface area contributed by atoms with Crippen LogP contribution in [-0.4, -0.2) is 52.0 Å². The summed E-state index contributed by atoms with van der Waals surface area (Å²) in [5.41, 5.74) is -0.909. The lowest BCUT2D eigenvalue weighted by atomic mass is 10.0. The van der Waals surface area contributed by atoms with Gasteiger partial charge in [0.1, 0.15) is 6.67 Å². The molecule has 0 aliphatic carbocycles. The summed E-state index contributed by atoms with van der Waals surface area (Å²) in [4.78, 5) is 37.4. The van der Waals surface area contributed by atoms with Gasteiger partial charge >= 0.3 is 0 Å². The van der Waals surface area contributed by atoms with Gasteiger partial charge in [0.25, 0.3) is 5.56 Å². The van der Waals surface area contributed by atoms with Gasteiger partial charge in [-0.1, -0.05) is 0 Å². The normalized spacial score (nSPS) is 22.7. The molecule has 1 aromatic rings. The SMILES string of the molecule is CN(C)C(=O)C1CC(C(=O)Nc2cc(F)c(=O)n(CCF)c2)SC1Cl. The number of aromatic nitrogens is 1. The van der Waals surface area contributed by atoms with Crippen molar-refractivity contribution in [3.05, 3.63) is 28.4 Å². The van der Waals surface area contributed by atoms with Crippen molar-refractivity contribution in [1.82, 2.24) is 9.47 Å². The highest BCUT2D eigenvalue weighted by molar-refractivity contribution is 8.02. The highest BCUT2D eigenvalue weighted by atomic mass is 35.5. The van der Waals surface area contributed by atoms with Gasteiger partial charge in [0.2, 0.25) is 11.8 Å². The number of carbonyl (C=O) groups is 2. The van der Waals surface area contributed by atoms with E-state index in [1.807, 2.05) is 0 Å². The minimum atomic E-state index is -1.08. The van der Waals surface area contributed by atoms with E-state index in [1.54, 1.807) is 14.1 Å². The fraction of sp³-hybridized carbons (Fsp3) is 0.533. The zero-order valence-corrected chi connectivity index (χ0v) is 15.2. The molecule has 0 saturated carbocycles. The molecule has 1 aliphatic heterocycles. The van der Waals surface area contributed by atoms with Crippen LogP contribution in [0.2, 0.25) is 0 Å². The number of hydrogen-bond acceptors (Lipinski definition) is 4. The van der Waals surface area contributed by atoms with E-state index < -0.39 is 39.8 Å². The van der Waals surface area contributed by atoms with Gasteiger partial charge in [-0.05, 0) is 6.42 Å². The molecule has 1 aliphatic rings. The van der Waals surface area contributed by atoms with E-state index in [4.69, 9.17) is 11.6 Å². The van der Waals surface area contributed by atoms with Gasteiger partial charge in [-0.3, -0.25) is 14.4 Å². The van der Waals surface area contributed by atoms with Crippen LogP contribution in [0.4, 0.5) is 14.5 Å². The van der Waals surface area contributed by atoms with Crippen molar-refractivity contribution < 1.29 is 18.4 Å². The van der Waals surface area contributed by atoms with Crippen LogP contribution >= 0.6 is 23.4 Å². The van der Waals surface area contributed by atoms with Crippen LogP contribution in [0.25, 0.3) is 0 Å². The molecule has 10 heteroatoms. The predicted octanol–water partition coefficient (Wildman–Crippen LogP) is 1.67. The fourth-order valence-corrected chi connectivity index (χ4v) is 4.32. The van der Waals surface area contributed by atoms with E-state index in [1.165, 1.54) is 11.1 Å². The molecule has 2 rings (SSSR count). The Hall–Kier alpha value is -1.61. The standard InChI is InChI=1S/C15H18ClF2N3O3S/c1-20(2)14(23)9-6-11(25-12(9)16)13(22)19-8-5-10(18)15(24)21(7-8)4-3-17/h5,7,9,11-12H,3-4,6H2,1-2H3,(H,19,22). The Labute approximate surface area is 152 Å². The smallest absolute Gasteiger partial charge is 0.286 e. The maximum absolute atomic E-state index is 13.6. The first-order valence-electron chi connectivity index (χ1n) is 7.52. The summed E-state index contributed by atoms with van der Waals surface area (Å²) in [6.45, 7) is -1.14. The van der Waals surface area contributed by atoms with Crippen molar-refractivity contribution in [3.8, 4) is 0 Å². The van der Waals surface area contributed by atoms with Crippen LogP contribution in [0, 0.1) is 11.7 Å². The number of nitrogens with one attached hydrogen (secondary N) is 1.